The summed E-state index contributed by atoms with van der Waals surface area (Å²) < 4.78 is 14.0. The number of benzene rings is 1. The molecule has 4 rings (SSSR count). The molecule has 0 amide bonds. The van der Waals surface area contributed by atoms with Gasteiger partial charge in [-0.05, 0) is 36.2 Å². The number of nitrogens with one attached hydrogen (secondary N) is 2. The van der Waals surface area contributed by atoms with Crippen molar-refractivity contribution in [3.05, 3.63) is 66.1 Å². The van der Waals surface area contributed by atoms with E-state index in [1.165, 1.54) is 17.3 Å². The summed E-state index contributed by atoms with van der Waals surface area (Å²) in [5.41, 5.74) is 2.45. The van der Waals surface area contributed by atoms with E-state index in [0.29, 0.717) is 18.9 Å². The first-order chi connectivity index (χ1) is 14.2. The van der Waals surface area contributed by atoms with Crippen LogP contribution in [0.1, 0.15) is 12.0 Å². The molecule has 1 aromatic carbocycles. The Morgan fingerprint density at radius 1 is 1.21 bits per heavy atom. The second-order valence-electron chi connectivity index (χ2n) is 7.36. The quantitative estimate of drug-likeness (QED) is 0.464. The Kier molecular flexibility index (Phi) is 5.93. The van der Waals surface area contributed by atoms with Gasteiger partial charge in [0.25, 0.3) is 0 Å². The van der Waals surface area contributed by atoms with E-state index in [2.05, 4.69) is 61.9 Å². The fourth-order valence-corrected chi connectivity index (χ4v) is 3.81. The Hall–Kier alpha value is -3.09. The summed E-state index contributed by atoms with van der Waals surface area (Å²) in [5, 5.41) is 6.84. The number of rotatable bonds is 5. The van der Waals surface area contributed by atoms with E-state index in [1.807, 2.05) is 4.90 Å². The van der Waals surface area contributed by atoms with Gasteiger partial charge < -0.3 is 20.4 Å². The zero-order chi connectivity index (χ0) is 20.1. The molecule has 0 radical (unpaired) electrons. The molecular weight excluding hydrogens is 367 g/mol. The molecular formula is C22H27FN6. The summed E-state index contributed by atoms with van der Waals surface area (Å²) >= 11 is 0. The molecule has 3 heterocycles. The van der Waals surface area contributed by atoms with Gasteiger partial charge in [-0.2, -0.15) is 0 Å². The lowest BCUT2D eigenvalue weighted by molar-refractivity contribution is 0.612. The molecule has 1 saturated heterocycles. The summed E-state index contributed by atoms with van der Waals surface area (Å²) in [4.78, 5) is 12.8. The zero-order valence-corrected chi connectivity index (χ0v) is 16.7. The first-order valence-electron chi connectivity index (χ1n) is 10.0. The monoisotopic (exact) mass is 394 g/mol. The third-order valence-electron chi connectivity index (χ3n) is 5.35. The van der Waals surface area contributed by atoms with Crippen molar-refractivity contribution in [1.29, 1.82) is 0 Å². The lowest BCUT2D eigenvalue weighted by Crippen LogP contribution is -2.44. The van der Waals surface area contributed by atoms with Gasteiger partial charge in [0.1, 0.15) is 0 Å². The molecule has 0 bridgehead atoms. The number of hydrogen-bond donors (Lipinski definition) is 2. The van der Waals surface area contributed by atoms with Gasteiger partial charge in [0.2, 0.25) is 0 Å². The number of aliphatic imine (C=N–C) groups is 1. The highest BCUT2D eigenvalue weighted by molar-refractivity contribution is 5.80. The van der Waals surface area contributed by atoms with E-state index < -0.39 is 0 Å². The van der Waals surface area contributed by atoms with Crippen LogP contribution < -0.4 is 20.4 Å². The van der Waals surface area contributed by atoms with Crippen LogP contribution in [0, 0.1) is 5.82 Å². The van der Waals surface area contributed by atoms with Crippen molar-refractivity contribution in [3.63, 3.8) is 0 Å². The van der Waals surface area contributed by atoms with Gasteiger partial charge in [-0.3, -0.25) is 4.99 Å². The summed E-state index contributed by atoms with van der Waals surface area (Å²) in [6, 6.07) is 11.8. The first kappa shape index (κ1) is 19.2. The highest BCUT2D eigenvalue weighted by atomic mass is 19.1. The van der Waals surface area contributed by atoms with Crippen LogP contribution in [0.3, 0.4) is 0 Å². The Labute approximate surface area is 171 Å². The minimum Gasteiger partial charge on any atom is -0.364 e. The molecule has 2 aliphatic rings. The normalized spacial score (nSPS) is 19.1. The summed E-state index contributed by atoms with van der Waals surface area (Å²) in [6.07, 6.45) is 6.93. The molecule has 152 valence electrons. The van der Waals surface area contributed by atoms with E-state index in [1.54, 1.807) is 19.3 Å². The maximum atomic E-state index is 14.0. The van der Waals surface area contributed by atoms with Crippen molar-refractivity contribution in [1.82, 2.24) is 15.6 Å². The number of aromatic nitrogens is 1. The van der Waals surface area contributed by atoms with E-state index in [9.17, 15) is 4.39 Å². The maximum absolute atomic E-state index is 14.0. The van der Waals surface area contributed by atoms with E-state index >= 15 is 0 Å². The largest absolute Gasteiger partial charge is 0.364 e. The first-order valence-corrected chi connectivity index (χ1v) is 10.0. The van der Waals surface area contributed by atoms with E-state index in [4.69, 9.17) is 0 Å². The Morgan fingerprint density at radius 3 is 2.86 bits per heavy atom. The average molecular weight is 394 g/mol. The van der Waals surface area contributed by atoms with Crippen LogP contribution in [0.5, 0.6) is 0 Å². The van der Waals surface area contributed by atoms with Crippen molar-refractivity contribution < 1.29 is 4.39 Å². The third kappa shape index (κ3) is 4.67. The number of pyridine rings is 1. The van der Waals surface area contributed by atoms with Gasteiger partial charge in [-0.25, -0.2) is 9.37 Å². The fraction of sp³-hybridized carbons (Fsp3) is 0.364. The zero-order valence-electron chi connectivity index (χ0n) is 16.7. The van der Waals surface area contributed by atoms with Crippen molar-refractivity contribution in [3.8, 4) is 0 Å². The van der Waals surface area contributed by atoms with Gasteiger partial charge in [-0.1, -0.05) is 24.3 Å². The Morgan fingerprint density at radius 2 is 2.07 bits per heavy atom. The third-order valence-corrected chi connectivity index (χ3v) is 5.35. The lowest BCUT2D eigenvalue weighted by atomic mass is 10.2. The molecule has 6 nitrogen and oxygen atoms in total. The molecule has 0 aliphatic carbocycles. The topological polar surface area (TPSA) is 55.8 Å². The van der Waals surface area contributed by atoms with Crippen molar-refractivity contribution >= 4 is 17.5 Å². The van der Waals surface area contributed by atoms with Gasteiger partial charge in [-0.15, -0.1) is 0 Å². The van der Waals surface area contributed by atoms with Crippen molar-refractivity contribution in [2.45, 2.75) is 19.0 Å². The van der Waals surface area contributed by atoms with Crippen molar-refractivity contribution in [2.75, 3.05) is 43.0 Å². The lowest BCUT2D eigenvalue weighted by Gasteiger charge is -2.21. The number of halogens is 1. The summed E-state index contributed by atoms with van der Waals surface area (Å²) in [5.74, 6) is 0.906. The van der Waals surface area contributed by atoms with Gasteiger partial charge >= 0.3 is 0 Å². The molecule has 1 fully saturated rings. The number of hydrogen-bond acceptors (Lipinski definition) is 4. The standard InChI is InChI=1S/C22H27FN6/c1-24-22(26-15-17-6-4-7-19(14-17)28-11-2-3-12-28)27-18-9-13-29(16-18)21-20(23)8-5-10-25-21/h2-8,10,14,18H,9,11-13,15-16H2,1H3,(H2,24,26,27). The minimum absolute atomic E-state index is 0.199. The second kappa shape index (κ2) is 8.94. The minimum atomic E-state index is -0.274. The second-order valence-corrected chi connectivity index (χ2v) is 7.36. The maximum Gasteiger partial charge on any atom is 0.191 e. The predicted molar refractivity (Wildman–Crippen MR) is 116 cm³/mol. The van der Waals surface area contributed by atoms with Gasteiger partial charge in [0.15, 0.2) is 17.6 Å². The molecule has 1 aromatic heterocycles. The van der Waals surface area contributed by atoms with Crippen LogP contribution in [0.2, 0.25) is 0 Å². The van der Waals surface area contributed by atoms with Crippen LogP contribution in [0.4, 0.5) is 15.9 Å². The summed E-state index contributed by atoms with van der Waals surface area (Å²) in [7, 11) is 1.77. The Bertz CT molecular complexity index is 888. The molecule has 0 saturated carbocycles. The molecule has 0 spiro atoms. The van der Waals surface area contributed by atoms with E-state index in [0.717, 1.165) is 32.0 Å². The molecule has 2 aliphatic heterocycles. The SMILES string of the molecule is CN=C(NCc1cccc(N2CC=CC2)c1)NC1CCN(c2ncccc2F)C1. The Balaban J connectivity index is 1.30. The highest BCUT2D eigenvalue weighted by Gasteiger charge is 2.25. The molecule has 2 aromatic rings. The molecule has 7 heteroatoms. The van der Waals surface area contributed by atoms with Crippen LogP contribution in [-0.4, -0.2) is 50.2 Å². The van der Waals surface area contributed by atoms with Crippen LogP contribution in [0.25, 0.3) is 0 Å². The number of nitrogens with zero attached hydrogens (tertiary/aromatic N) is 4. The molecule has 1 unspecified atom stereocenters. The fourth-order valence-electron chi connectivity index (χ4n) is 3.81. The van der Waals surface area contributed by atoms with Crippen LogP contribution >= 0.6 is 0 Å². The number of guanidine groups is 1. The van der Waals surface area contributed by atoms with Gasteiger partial charge in [0.05, 0.1) is 0 Å². The highest BCUT2D eigenvalue weighted by Crippen LogP contribution is 2.21. The van der Waals surface area contributed by atoms with E-state index in [-0.39, 0.29) is 11.9 Å². The van der Waals surface area contributed by atoms with Crippen molar-refractivity contribution in [2.24, 2.45) is 4.99 Å². The smallest absolute Gasteiger partial charge is 0.191 e. The average Bonchev–Trinajstić information content (AvgIpc) is 3.44. The predicted octanol–water partition coefficient (Wildman–Crippen LogP) is 2.54. The molecule has 2 N–H and O–H groups in total. The van der Waals surface area contributed by atoms with Crippen LogP contribution in [0.15, 0.2) is 59.7 Å². The van der Waals surface area contributed by atoms with Crippen LogP contribution in [-0.2, 0) is 6.54 Å². The number of anilines is 2. The van der Waals surface area contributed by atoms with Gasteiger partial charge in [0, 0.05) is 57.7 Å². The molecule has 29 heavy (non-hydrogen) atoms. The summed E-state index contributed by atoms with van der Waals surface area (Å²) in [6.45, 7) is 4.10. The molecule has 1 atom stereocenters.